The molecule has 0 heterocycles. The molecule has 0 aromatic heterocycles. The molecule has 3 N–H and O–H groups in total. The molecule has 2 rings (SSSR count). The number of nitrogens with one attached hydrogen (secondary N) is 1. The molecule has 0 radical (unpaired) electrons. The van der Waals surface area contributed by atoms with E-state index in [2.05, 4.69) is 37.3 Å². The van der Waals surface area contributed by atoms with Crippen molar-refractivity contribution in [3.05, 3.63) is 66.5 Å². The molecule has 0 spiro atoms. The number of hydrazine groups is 1. The Balaban J connectivity index is 2.46. The summed E-state index contributed by atoms with van der Waals surface area (Å²) >= 11 is 18.9. The first kappa shape index (κ1) is 15.3. The van der Waals surface area contributed by atoms with Crippen LogP contribution in [0.5, 0.6) is 0 Å². The SMILES string of the molecule is NNC(c1ccc(Cl)c(Cl)c1)c1ccc(Br)cc1Br. The van der Waals surface area contributed by atoms with E-state index in [1.165, 1.54) is 0 Å². The summed E-state index contributed by atoms with van der Waals surface area (Å²) in [6.45, 7) is 0. The molecule has 6 heteroatoms. The quantitative estimate of drug-likeness (QED) is 0.533. The third-order valence-corrected chi connectivity index (χ3v) is 4.64. The Bertz CT molecular complexity index is 605. The van der Waals surface area contributed by atoms with Crippen molar-refractivity contribution in [3.8, 4) is 0 Å². The Morgan fingerprint density at radius 2 is 1.74 bits per heavy atom. The van der Waals surface area contributed by atoms with Crippen LogP contribution < -0.4 is 11.3 Å². The van der Waals surface area contributed by atoms with Gasteiger partial charge in [-0.15, -0.1) is 0 Å². The second-order valence-electron chi connectivity index (χ2n) is 3.94. The second-order valence-corrected chi connectivity index (χ2v) is 6.52. The molecule has 0 amide bonds. The fraction of sp³-hybridized carbons (Fsp3) is 0.0769. The van der Waals surface area contributed by atoms with Crippen LogP contribution in [-0.4, -0.2) is 0 Å². The molecule has 0 fully saturated rings. The third-order valence-electron chi connectivity index (χ3n) is 2.72. The van der Waals surface area contributed by atoms with Crippen molar-refractivity contribution in [2.45, 2.75) is 6.04 Å². The van der Waals surface area contributed by atoms with Crippen molar-refractivity contribution in [2.75, 3.05) is 0 Å². The summed E-state index contributed by atoms with van der Waals surface area (Å²) in [5, 5.41) is 1.03. The number of hydrogen-bond donors (Lipinski definition) is 2. The number of hydrogen-bond acceptors (Lipinski definition) is 2. The maximum absolute atomic E-state index is 6.05. The van der Waals surface area contributed by atoms with Crippen LogP contribution in [0.15, 0.2) is 45.3 Å². The van der Waals surface area contributed by atoms with Crippen LogP contribution in [0.4, 0.5) is 0 Å². The van der Waals surface area contributed by atoms with Gasteiger partial charge in [-0.05, 0) is 35.4 Å². The molecule has 1 atom stereocenters. The van der Waals surface area contributed by atoms with Crippen molar-refractivity contribution < 1.29 is 0 Å². The maximum atomic E-state index is 6.05. The van der Waals surface area contributed by atoms with E-state index in [1.807, 2.05) is 30.3 Å². The fourth-order valence-corrected chi connectivity index (χ4v) is 3.38. The first-order valence-electron chi connectivity index (χ1n) is 5.39. The summed E-state index contributed by atoms with van der Waals surface area (Å²) in [5.41, 5.74) is 4.76. The molecule has 2 aromatic carbocycles. The molecule has 2 nitrogen and oxygen atoms in total. The first-order chi connectivity index (χ1) is 9.02. The molecule has 0 aliphatic carbocycles. The highest BCUT2D eigenvalue weighted by atomic mass is 79.9. The summed E-state index contributed by atoms with van der Waals surface area (Å²) in [4.78, 5) is 0. The lowest BCUT2D eigenvalue weighted by Crippen LogP contribution is -2.29. The van der Waals surface area contributed by atoms with Crippen molar-refractivity contribution in [2.24, 2.45) is 5.84 Å². The fourth-order valence-electron chi connectivity index (χ4n) is 1.79. The summed E-state index contributed by atoms with van der Waals surface area (Å²) < 4.78 is 1.95. The van der Waals surface area contributed by atoms with Crippen LogP contribution in [0.3, 0.4) is 0 Å². The zero-order valence-corrected chi connectivity index (χ0v) is 14.3. The Labute approximate surface area is 138 Å². The second kappa shape index (κ2) is 6.57. The van der Waals surface area contributed by atoms with Crippen LogP contribution >= 0.6 is 55.1 Å². The van der Waals surface area contributed by atoms with Crippen molar-refractivity contribution >= 4 is 55.1 Å². The largest absolute Gasteiger partial charge is 0.271 e. The summed E-state index contributed by atoms with van der Waals surface area (Å²) in [7, 11) is 0. The van der Waals surface area contributed by atoms with Crippen molar-refractivity contribution in [3.63, 3.8) is 0 Å². The molecular formula is C13H10Br2Cl2N2. The van der Waals surface area contributed by atoms with Gasteiger partial charge in [0.2, 0.25) is 0 Å². The van der Waals surface area contributed by atoms with Gasteiger partial charge >= 0.3 is 0 Å². The Kier molecular flexibility index (Phi) is 5.29. The minimum Gasteiger partial charge on any atom is -0.271 e. The summed E-state index contributed by atoms with van der Waals surface area (Å²) in [5.74, 6) is 5.67. The average molecular weight is 425 g/mol. The molecule has 0 aliphatic rings. The van der Waals surface area contributed by atoms with Gasteiger partial charge in [-0.2, -0.15) is 0 Å². The highest BCUT2D eigenvalue weighted by molar-refractivity contribution is 9.11. The number of halogens is 4. The molecule has 0 saturated carbocycles. The van der Waals surface area contributed by atoms with Gasteiger partial charge in [0.05, 0.1) is 16.1 Å². The van der Waals surface area contributed by atoms with E-state index in [4.69, 9.17) is 29.0 Å². The van der Waals surface area contributed by atoms with E-state index in [9.17, 15) is 0 Å². The van der Waals surface area contributed by atoms with Crippen LogP contribution in [0.2, 0.25) is 10.0 Å². The number of rotatable bonds is 3. The molecule has 0 aliphatic heterocycles. The van der Waals surface area contributed by atoms with Crippen LogP contribution in [0.1, 0.15) is 17.2 Å². The first-order valence-corrected chi connectivity index (χ1v) is 7.73. The number of nitrogens with two attached hydrogens (primary N) is 1. The van der Waals surface area contributed by atoms with E-state index in [1.54, 1.807) is 6.07 Å². The zero-order valence-electron chi connectivity index (χ0n) is 9.63. The molecule has 19 heavy (non-hydrogen) atoms. The zero-order chi connectivity index (χ0) is 14.0. The van der Waals surface area contributed by atoms with E-state index in [0.29, 0.717) is 10.0 Å². The van der Waals surface area contributed by atoms with E-state index in [-0.39, 0.29) is 6.04 Å². The Morgan fingerprint density at radius 1 is 1.00 bits per heavy atom. The Morgan fingerprint density at radius 3 is 2.32 bits per heavy atom. The smallest absolute Gasteiger partial charge is 0.0721 e. The van der Waals surface area contributed by atoms with E-state index >= 15 is 0 Å². The van der Waals surface area contributed by atoms with E-state index in [0.717, 1.165) is 20.1 Å². The van der Waals surface area contributed by atoms with Crippen LogP contribution in [0.25, 0.3) is 0 Å². The normalized spacial score (nSPS) is 12.5. The lowest BCUT2D eigenvalue weighted by molar-refractivity contribution is 0.634. The van der Waals surface area contributed by atoms with Gasteiger partial charge in [-0.25, -0.2) is 5.43 Å². The molecule has 100 valence electrons. The van der Waals surface area contributed by atoms with Gasteiger partial charge in [0.25, 0.3) is 0 Å². The molecule has 0 bridgehead atoms. The lowest BCUT2D eigenvalue weighted by Gasteiger charge is -2.19. The molecule has 2 aromatic rings. The minimum atomic E-state index is -0.169. The summed E-state index contributed by atoms with van der Waals surface area (Å²) in [6, 6.07) is 11.2. The maximum Gasteiger partial charge on any atom is 0.0721 e. The monoisotopic (exact) mass is 422 g/mol. The third kappa shape index (κ3) is 3.51. The molecule has 0 saturated heterocycles. The standard InChI is InChI=1S/C13H10Br2Cl2N2/c14-8-2-3-9(10(15)6-8)13(19-18)7-1-4-11(16)12(17)5-7/h1-6,13,19H,18H2. The minimum absolute atomic E-state index is 0.169. The summed E-state index contributed by atoms with van der Waals surface area (Å²) in [6.07, 6.45) is 0. The van der Waals surface area contributed by atoms with Gasteiger partial charge < -0.3 is 0 Å². The highest BCUT2D eigenvalue weighted by Crippen LogP contribution is 2.33. The molecular weight excluding hydrogens is 415 g/mol. The number of benzene rings is 2. The molecule has 1 unspecified atom stereocenters. The lowest BCUT2D eigenvalue weighted by atomic mass is 9.99. The van der Waals surface area contributed by atoms with Crippen LogP contribution in [0, 0.1) is 0 Å². The Hall–Kier alpha value is -0.100. The van der Waals surface area contributed by atoms with Gasteiger partial charge in [-0.3, -0.25) is 5.84 Å². The topological polar surface area (TPSA) is 38.0 Å². The van der Waals surface area contributed by atoms with Gasteiger partial charge in [-0.1, -0.05) is 67.2 Å². The van der Waals surface area contributed by atoms with Gasteiger partial charge in [0.1, 0.15) is 0 Å². The average Bonchev–Trinajstić information content (AvgIpc) is 2.37. The highest BCUT2D eigenvalue weighted by Gasteiger charge is 2.16. The van der Waals surface area contributed by atoms with Gasteiger partial charge in [0, 0.05) is 8.95 Å². The van der Waals surface area contributed by atoms with E-state index < -0.39 is 0 Å². The predicted octanol–water partition coefficient (Wildman–Crippen LogP) is 5.07. The van der Waals surface area contributed by atoms with Gasteiger partial charge in [0.15, 0.2) is 0 Å². The van der Waals surface area contributed by atoms with Crippen molar-refractivity contribution in [1.29, 1.82) is 0 Å². The van der Waals surface area contributed by atoms with Crippen molar-refractivity contribution in [1.82, 2.24) is 5.43 Å². The predicted molar refractivity (Wildman–Crippen MR) is 87.5 cm³/mol. The van der Waals surface area contributed by atoms with Crippen LogP contribution in [-0.2, 0) is 0 Å².